The molecule has 2 aromatic carbocycles. The van der Waals surface area contributed by atoms with Crippen molar-refractivity contribution in [2.24, 2.45) is 17.8 Å². The van der Waals surface area contributed by atoms with Crippen LogP contribution in [-0.4, -0.2) is 229 Å². The average molecular weight is 1740 g/mol. The van der Waals surface area contributed by atoms with Gasteiger partial charge in [0.15, 0.2) is 103 Å². The van der Waals surface area contributed by atoms with E-state index in [0.717, 1.165) is 6.42 Å². The van der Waals surface area contributed by atoms with Crippen molar-refractivity contribution < 1.29 is 84.7 Å². The monoisotopic (exact) mass is 1740 g/mol. The quantitative estimate of drug-likeness (QED) is 0.0206. The minimum Gasteiger partial charge on any atom is -0.407 e. The number of carbonyl (C=O) groups excluding carboxylic acids is 2. The van der Waals surface area contributed by atoms with Crippen molar-refractivity contribution in [3.05, 3.63) is 142 Å². The van der Waals surface area contributed by atoms with Crippen LogP contribution < -0.4 is 21.8 Å². The molecule has 4 saturated heterocycles. The molecule has 19 atom stereocenters. The number of anilines is 2. The van der Waals surface area contributed by atoms with E-state index >= 15 is 0 Å². The highest BCUT2D eigenvalue weighted by molar-refractivity contribution is 7.89. The van der Waals surface area contributed by atoms with Gasteiger partial charge in [-0.25, -0.2) is 54.4 Å². The summed E-state index contributed by atoms with van der Waals surface area (Å²) in [7, 11) is -11.6. The van der Waals surface area contributed by atoms with Crippen LogP contribution in [-0.2, 0) is 55.1 Å². The molecular weight excluding hydrogens is 1630 g/mol. The molecule has 4 aliphatic rings. The number of fused-ring (bicyclic) bond motifs is 4. The SMILES string of the molecule is C.CC.CC.CC[C@H]1O[C@@H](n2cnc3c(NC(=O)c4ccccc4)ncnc32)[C@@H](O[Si](C)(C)C(C)(C)C)C1OP(C)C.Cc1nc2c(ncn2[C@@H]2O[C@H](CO)C(C)[C@@H]2O[P+](=O)O)c(=O)[nH]1.[BH3-][P+](C)(OC[C@H]1O[C@@H](n2cnc3c(=O)[nH]c(C)nc32)[C@@H](O[P+](=O)O)C1C)OC1[C@@H](CO)O[C@@H](n2cnc3c(NC(=O)c4ccccc4)ncnc32)[C@H]1C.[B]. The molecule has 7 unspecified atom stereocenters. The zero-order valence-electron chi connectivity index (χ0n) is 68.3. The van der Waals surface area contributed by atoms with Crippen molar-refractivity contribution in [3.8, 4) is 0 Å². The van der Waals surface area contributed by atoms with Crippen molar-refractivity contribution in [1.29, 1.82) is 0 Å². The second kappa shape index (κ2) is 41.7. The van der Waals surface area contributed by atoms with Gasteiger partial charge in [0.05, 0.1) is 71.1 Å². The lowest BCUT2D eigenvalue weighted by Crippen LogP contribution is -2.48. The molecule has 0 saturated carbocycles. The third-order valence-electron chi connectivity index (χ3n) is 20.2. The standard InChI is InChI=1S/C31H38BN9O10P2.C26H38N5O4PSi.C12H15N4O6P.2C2H6.CH4.B/c1-15-20(49-31(24(15)50-52(45)46)41-14-36-22-27(41)37-17(3)38-29(22)44)11-47-53(4,32)51-23-16(2)30(48-19(23)10-42)40-13-35-21-25(33-12-34-26(21)40)39-28(43)18-8-6-5-7-9-18;1-9-18-20(34-36(5)6)21(35-37(7,8)26(2,3)4)25(33-18)31-16-29-19-22(27-15-28-23(19)31)30-24(32)17-13-11-10-12-14-17;1-5-7(3-17)21-12(9(5)22-23(19)20)16-4-13-8-10(16)14-6(2)15-11(8)18;2*1-2;;/h5-9,12-16,19-20,23-24,30-31,42H,10-11H2,1-4,32H3,(H2-,33,34,37,38,39,43,44,45,46);10-16,18,20-21,25H,9H2,1-8H3,(H,27,28,30,32);4-5,7,9,12,17H,3H2,1-2H3,(H-,14,15,18,19,20);2*1-2H3;1H4;/p+2/t15?,16-,19+,20+,23?,24-,30+,31+,53?;18-,20?,21+,25-;5?,7-,9+,12-;;;;/m011..../s1. The Bertz CT molecular complexity index is 5210. The van der Waals surface area contributed by atoms with Gasteiger partial charge in [-0.1, -0.05) is 120 Å². The van der Waals surface area contributed by atoms with E-state index in [-0.39, 0.29) is 116 Å². The second-order valence-electron chi connectivity index (χ2n) is 28.9. The summed E-state index contributed by atoms with van der Waals surface area (Å²) < 4.78 is 91.8. The first-order valence-corrected chi connectivity index (χ1v) is 46.8. The van der Waals surface area contributed by atoms with Gasteiger partial charge in [0.25, 0.3) is 22.9 Å². The lowest BCUT2D eigenvalue weighted by molar-refractivity contribution is -0.0479. The number of benzene rings is 2. The minimum atomic E-state index is -2.98. The second-order valence-corrected chi connectivity index (χ2v) is 38.3. The zero-order chi connectivity index (χ0) is 85.3. The molecule has 0 spiro atoms. The molecule has 3 radical (unpaired) electrons. The Morgan fingerprint density at radius 3 is 1.40 bits per heavy atom. The minimum absolute atomic E-state index is 0. The zero-order valence-corrected chi connectivity index (χ0v) is 72.8. The molecule has 119 heavy (non-hydrogen) atoms. The van der Waals surface area contributed by atoms with E-state index in [4.69, 9.17) is 50.9 Å². The van der Waals surface area contributed by atoms with E-state index < -0.39 is 121 Å². The van der Waals surface area contributed by atoms with Gasteiger partial charge in [-0.3, -0.25) is 42.0 Å². The highest BCUT2D eigenvalue weighted by Crippen LogP contribution is 2.58. The molecule has 8 aromatic heterocycles. The summed E-state index contributed by atoms with van der Waals surface area (Å²) in [6.45, 7) is 35.7. The van der Waals surface area contributed by atoms with Crippen molar-refractivity contribution in [3.63, 3.8) is 0 Å². The van der Waals surface area contributed by atoms with Crippen molar-refractivity contribution >= 4 is 125 Å². The molecule has 4 fully saturated rings. The first-order chi connectivity index (χ1) is 55.7. The smallest absolute Gasteiger partial charge is 0.407 e. The van der Waals surface area contributed by atoms with Crippen LogP contribution in [0.5, 0.6) is 0 Å². The summed E-state index contributed by atoms with van der Waals surface area (Å²) in [6.07, 6.45) is 2.08. The van der Waals surface area contributed by atoms with Gasteiger partial charge in [0.2, 0.25) is 0 Å². The largest absolute Gasteiger partial charge is 0.695 e. The highest BCUT2D eigenvalue weighted by atomic mass is 31.2. The Kier molecular flexibility index (Phi) is 33.8. The molecule has 45 heteroatoms. The highest BCUT2D eigenvalue weighted by Gasteiger charge is 2.55. The van der Waals surface area contributed by atoms with Gasteiger partial charge in [0.1, 0.15) is 61.6 Å². The number of hydrogen-bond donors (Lipinski definition) is 8. The normalized spacial score (nSPS) is 24.8. The third kappa shape index (κ3) is 21.7. The number of aliphatic hydroxyl groups is 2. The maximum atomic E-state index is 12.9. The number of H-pyrrole nitrogens is 2. The predicted octanol–water partition coefficient (Wildman–Crippen LogP) is 9.89. The lowest BCUT2D eigenvalue weighted by atomic mass is 10.0. The number of imidazole rings is 4. The van der Waals surface area contributed by atoms with Crippen molar-refractivity contribution in [1.82, 2.24) is 78.1 Å². The number of amides is 2. The Labute approximate surface area is 696 Å². The van der Waals surface area contributed by atoms with Gasteiger partial charge in [-0.05, 0) is 76.0 Å². The molecule has 0 bridgehead atoms. The number of carbonyl (C=O) groups is 2. The summed E-state index contributed by atoms with van der Waals surface area (Å²) in [6, 6.07) is 17.8. The molecule has 14 rings (SSSR count). The van der Waals surface area contributed by atoms with E-state index in [0.29, 0.717) is 50.9 Å². The number of ether oxygens (including phenoxy) is 4. The summed E-state index contributed by atoms with van der Waals surface area (Å²) in [5.74, 6) is -0.239. The van der Waals surface area contributed by atoms with Gasteiger partial charge in [-0.2, -0.15) is 0 Å². The first kappa shape index (κ1) is 96.5. The van der Waals surface area contributed by atoms with Gasteiger partial charge in [0, 0.05) is 54.6 Å². The van der Waals surface area contributed by atoms with Gasteiger partial charge in [-0.15, -0.1) is 18.8 Å². The van der Waals surface area contributed by atoms with E-state index in [1.807, 2.05) is 77.0 Å². The number of aryl methyl sites for hydroxylation is 2. The summed E-state index contributed by atoms with van der Waals surface area (Å²) in [5, 5.41) is 25.5. The summed E-state index contributed by atoms with van der Waals surface area (Å²) >= 11 is 0. The Morgan fingerprint density at radius 1 is 0.588 bits per heavy atom. The van der Waals surface area contributed by atoms with Crippen molar-refractivity contribution in [2.45, 2.75) is 202 Å². The van der Waals surface area contributed by atoms with E-state index in [1.54, 1.807) is 74.4 Å². The Balaban J connectivity index is 0.000000232. The summed E-state index contributed by atoms with van der Waals surface area (Å²) in [4.78, 5) is 117. The fraction of sp³-hybridized carbons (Fsp3) is 0.541. The number of aromatic amines is 2. The van der Waals surface area contributed by atoms with Crippen LogP contribution >= 0.6 is 32.3 Å². The van der Waals surface area contributed by atoms with Gasteiger partial charge >= 0.3 is 16.5 Å². The maximum absolute atomic E-state index is 12.9. The molecular formula is C74H109B2N18O20P4Si+2. The fourth-order valence-corrected chi connectivity index (χ4v) is 17.6. The van der Waals surface area contributed by atoms with Crippen LogP contribution in [0, 0.1) is 31.6 Å². The van der Waals surface area contributed by atoms with E-state index in [1.165, 1.54) is 34.4 Å². The third-order valence-corrected chi connectivity index (χ3v) is 27.3. The van der Waals surface area contributed by atoms with Crippen LogP contribution in [0.15, 0.2) is 108 Å². The molecule has 4 aliphatic heterocycles. The topological polar surface area (TPSA) is 480 Å². The lowest BCUT2D eigenvalue weighted by Gasteiger charge is -2.40. The number of hydrogen-bond acceptors (Lipinski definition) is 28. The van der Waals surface area contributed by atoms with E-state index in [9.17, 15) is 43.4 Å². The predicted molar refractivity (Wildman–Crippen MR) is 457 cm³/mol. The van der Waals surface area contributed by atoms with Crippen LogP contribution in [0.3, 0.4) is 0 Å². The van der Waals surface area contributed by atoms with E-state index in [2.05, 4.69) is 125 Å². The van der Waals surface area contributed by atoms with Crippen molar-refractivity contribution in [2.75, 3.05) is 50.4 Å². The fourth-order valence-electron chi connectivity index (χ4n) is 13.5. The Morgan fingerprint density at radius 2 is 0.983 bits per heavy atom. The molecule has 8 N–H and O–H groups in total. The average Bonchev–Trinajstić information content (AvgIpc) is 1.62. The van der Waals surface area contributed by atoms with Gasteiger partial charge < -0.3 is 58.7 Å². The molecule has 643 valence electrons. The summed E-state index contributed by atoms with van der Waals surface area (Å²) in [5.41, 5.74) is 2.86. The number of nitrogens with one attached hydrogen (secondary N) is 4. The van der Waals surface area contributed by atoms with Crippen LogP contribution in [0.25, 0.3) is 44.7 Å². The van der Waals surface area contributed by atoms with Crippen LogP contribution in [0.2, 0.25) is 18.1 Å². The molecule has 2 amide bonds. The van der Waals surface area contributed by atoms with Crippen LogP contribution in [0.4, 0.5) is 11.6 Å². The Hall–Kier alpha value is -7.97. The number of nitrogens with zero attached hydrogens (tertiary/aromatic N) is 14. The maximum Gasteiger partial charge on any atom is 0.695 e. The molecule has 10 aromatic rings. The van der Waals surface area contributed by atoms with Crippen LogP contribution in [0.1, 0.15) is 147 Å². The number of rotatable bonds is 24. The molecule has 12 heterocycles. The molecule has 0 aliphatic carbocycles. The number of aliphatic hydroxyl groups excluding tert-OH is 2. The first-order valence-electron chi connectivity index (χ1n) is 37.9. The number of aromatic nitrogens is 16. The molecule has 38 nitrogen and oxygen atoms in total.